The van der Waals surface area contributed by atoms with E-state index in [1.54, 1.807) is 0 Å². The lowest BCUT2D eigenvalue weighted by Crippen LogP contribution is -2.21. The summed E-state index contributed by atoms with van der Waals surface area (Å²) in [5.41, 5.74) is 3.57. The highest BCUT2D eigenvalue weighted by Crippen LogP contribution is 2.30. The SMILES string of the molecule is CCCCCCCC(CC)Cn1c(C(C)(C)C)nc2cc(NC)ccc21. The van der Waals surface area contributed by atoms with Gasteiger partial charge in [0, 0.05) is 24.7 Å². The Morgan fingerprint density at radius 2 is 1.81 bits per heavy atom. The zero-order chi connectivity index (χ0) is 19.2. The van der Waals surface area contributed by atoms with Crippen molar-refractivity contribution in [1.82, 2.24) is 9.55 Å². The molecule has 1 heterocycles. The number of anilines is 1. The van der Waals surface area contributed by atoms with Crippen molar-refractivity contribution in [3.05, 3.63) is 24.0 Å². The number of aromatic nitrogens is 2. The van der Waals surface area contributed by atoms with E-state index < -0.39 is 0 Å². The highest BCUT2D eigenvalue weighted by molar-refractivity contribution is 5.80. The van der Waals surface area contributed by atoms with Crippen LogP contribution < -0.4 is 5.32 Å². The van der Waals surface area contributed by atoms with Crippen LogP contribution in [0.4, 0.5) is 5.69 Å². The van der Waals surface area contributed by atoms with Crippen molar-refractivity contribution in [3.8, 4) is 0 Å². The molecule has 2 rings (SSSR count). The number of fused-ring (bicyclic) bond motifs is 1. The second-order valence-corrected chi connectivity index (χ2v) is 8.73. The quantitative estimate of drug-likeness (QED) is 0.476. The summed E-state index contributed by atoms with van der Waals surface area (Å²) in [5.74, 6) is 1.95. The topological polar surface area (TPSA) is 29.9 Å². The summed E-state index contributed by atoms with van der Waals surface area (Å²) >= 11 is 0. The van der Waals surface area contributed by atoms with Crippen molar-refractivity contribution in [1.29, 1.82) is 0 Å². The Morgan fingerprint density at radius 1 is 1.08 bits per heavy atom. The third-order valence-electron chi connectivity index (χ3n) is 5.44. The standard InChI is InChI=1S/C23H39N3/c1-7-9-10-11-12-13-18(8-2)17-26-21-15-14-19(24-6)16-20(21)25-22(26)23(3,4)5/h14-16,18,24H,7-13,17H2,1-6H3. The van der Waals surface area contributed by atoms with Gasteiger partial charge >= 0.3 is 0 Å². The van der Waals surface area contributed by atoms with Crippen LogP contribution in [0.25, 0.3) is 11.0 Å². The maximum Gasteiger partial charge on any atom is 0.115 e. The van der Waals surface area contributed by atoms with Crippen LogP contribution in [0.1, 0.15) is 85.4 Å². The highest BCUT2D eigenvalue weighted by atomic mass is 15.1. The molecule has 0 bridgehead atoms. The maximum atomic E-state index is 5.02. The van der Waals surface area contributed by atoms with Crippen LogP contribution in [0.2, 0.25) is 0 Å². The molecule has 3 heteroatoms. The fourth-order valence-corrected chi connectivity index (χ4v) is 3.76. The lowest BCUT2D eigenvalue weighted by atomic mass is 9.94. The highest BCUT2D eigenvalue weighted by Gasteiger charge is 2.24. The molecule has 146 valence electrons. The minimum atomic E-state index is 0.0538. The molecule has 0 fully saturated rings. The molecular formula is C23H39N3. The van der Waals surface area contributed by atoms with Crippen molar-refractivity contribution >= 4 is 16.7 Å². The van der Waals surface area contributed by atoms with Gasteiger partial charge in [-0.2, -0.15) is 0 Å². The van der Waals surface area contributed by atoms with Crippen LogP contribution in [-0.2, 0) is 12.0 Å². The summed E-state index contributed by atoms with van der Waals surface area (Å²) < 4.78 is 2.50. The van der Waals surface area contributed by atoms with Gasteiger partial charge in [0.15, 0.2) is 0 Å². The summed E-state index contributed by atoms with van der Waals surface area (Å²) in [6, 6.07) is 6.57. The number of benzene rings is 1. The summed E-state index contributed by atoms with van der Waals surface area (Å²) in [7, 11) is 1.97. The molecule has 1 aromatic heterocycles. The van der Waals surface area contributed by atoms with Crippen LogP contribution in [0.3, 0.4) is 0 Å². The Bertz CT molecular complexity index is 679. The van der Waals surface area contributed by atoms with Gasteiger partial charge in [-0.25, -0.2) is 4.98 Å². The first-order valence-electron chi connectivity index (χ1n) is 10.6. The zero-order valence-corrected chi connectivity index (χ0v) is 17.9. The van der Waals surface area contributed by atoms with Crippen molar-refractivity contribution < 1.29 is 0 Å². The van der Waals surface area contributed by atoms with E-state index in [-0.39, 0.29) is 5.41 Å². The fraction of sp³-hybridized carbons (Fsp3) is 0.696. The normalized spacial score (nSPS) is 13.3. The molecule has 2 aromatic rings. The minimum Gasteiger partial charge on any atom is -0.388 e. The molecule has 1 unspecified atom stereocenters. The first kappa shape index (κ1) is 20.8. The molecule has 0 aliphatic carbocycles. The fourth-order valence-electron chi connectivity index (χ4n) is 3.76. The van der Waals surface area contributed by atoms with Crippen molar-refractivity contribution in [2.75, 3.05) is 12.4 Å². The summed E-state index contributed by atoms with van der Waals surface area (Å²) in [6.07, 6.45) is 9.41. The van der Waals surface area contributed by atoms with Gasteiger partial charge < -0.3 is 9.88 Å². The Hall–Kier alpha value is -1.51. The average Bonchev–Trinajstić information content (AvgIpc) is 2.98. The molecular weight excluding hydrogens is 318 g/mol. The summed E-state index contributed by atoms with van der Waals surface area (Å²) in [4.78, 5) is 5.02. The van der Waals surface area contributed by atoms with Crippen LogP contribution in [0.5, 0.6) is 0 Å². The molecule has 26 heavy (non-hydrogen) atoms. The molecule has 0 saturated heterocycles. The van der Waals surface area contributed by atoms with E-state index >= 15 is 0 Å². The number of unbranched alkanes of at least 4 members (excludes halogenated alkanes) is 4. The lowest BCUT2D eigenvalue weighted by Gasteiger charge is -2.23. The van der Waals surface area contributed by atoms with E-state index in [4.69, 9.17) is 4.98 Å². The number of imidazole rings is 1. The van der Waals surface area contributed by atoms with Gasteiger partial charge in [0.1, 0.15) is 5.82 Å². The first-order chi connectivity index (χ1) is 12.4. The molecule has 0 radical (unpaired) electrons. The van der Waals surface area contributed by atoms with Crippen molar-refractivity contribution in [3.63, 3.8) is 0 Å². The molecule has 1 aromatic carbocycles. The Balaban J connectivity index is 2.22. The third kappa shape index (κ3) is 5.25. The van der Waals surface area contributed by atoms with E-state index in [2.05, 4.69) is 62.7 Å². The molecule has 0 amide bonds. The second kappa shape index (κ2) is 9.43. The summed E-state index contributed by atoms with van der Waals surface area (Å²) in [5, 5.41) is 3.23. The molecule has 3 nitrogen and oxygen atoms in total. The van der Waals surface area contributed by atoms with Gasteiger partial charge in [-0.1, -0.05) is 73.1 Å². The van der Waals surface area contributed by atoms with Crippen molar-refractivity contribution in [2.45, 2.75) is 91.5 Å². The van der Waals surface area contributed by atoms with Gasteiger partial charge in [-0.05, 0) is 30.5 Å². The third-order valence-corrected chi connectivity index (χ3v) is 5.44. The van der Waals surface area contributed by atoms with Gasteiger partial charge in [0.2, 0.25) is 0 Å². The predicted molar refractivity (Wildman–Crippen MR) is 115 cm³/mol. The second-order valence-electron chi connectivity index (χ2n) is 8.73. The van der Waals surface area contributed by atoms with E-state index in [1.807, 2.05) is 7.05 Å². The number of nitrogens with zero attached hydrogens (tertiary/aromatic N) is 2. The lowest BCUT2D eigenvalue weighted by molar-refractivity contribution is 0.370. The smallest absolute Gasteiger partial charge is 0.115 e. The number of rotatable bonds is 10. The van der Waals surface area contributed by atoms with Crippen LogP contribution in [0, 0.1) is 5.92 Å². The van der Waals surface area contributed by atoms with Gasteiger partial charge in [-0.3, -0.25) is 0 Å². The Kier molecular flexibility index (Phi) is 7.55. The van der Waals surface area contributed by atoms with Crippen molar-refractivity contribution in [2.24, 2.45) is 5.92 Å². The van der Waals surface area contributed by atoms with Gasteiger partial charge in [0.05, 0.1) is 11.0 Å². The van der Waals surface area contributed by atoms with E-state index in [0.717, 1.165) is 23.7 Å². The molecule has 0 aliphatic rings. The van der Waals surface area contributed by atoms with E-state index in [1.165, 1.54) is 56.3 Å². The molecule has 0 spiro atoms. The minimum absolute atomic E-state index is 0.0538. The maximum absolute atomic E-state index is 5.02. The molecule has 0 saturated carbocycles. The zero-order valence-electron chi connectivity index (χ0n) is 17.9. The Labute approximate surface area is 160 Å². The predicted octanol–water partition coefficient (Wildman–Crippen LogP) is 6.76. The number of nitrogens with one attached hydrogen (secondary N) is 1. The molecule has 1 atom stereocenters. The number of hydrogen-bond acceptors (Lipinski definition) is 2. The average molecular weight is 358 g/mol. The molecule has 0 aliphatic heterocycles. The first-order valence-corrected chi connectivity index (χ1v) is 10.6. The van der Waals surface area contributed by atoms with Crippen LogP contribution >= 0.6 is 0 Å². The Morgan fingerprint density at radius 3 is 2.42 bits per heavy atom. The largest absolute Gasteiger partial charge is 0.388 e. The van der Waals surface area contributed by atoms with Gasteiger partial charge in [-0.15, -0.1) is 0 Å². The van der Waals surface area contributed by atoms with E-state index in [0.29, 0.717) is 0 Å². The number of hydrogen-bond donors (Lipinski definition) is 1. The van der Waals surface area contributed by atoms with Crippen LogP contribution in [0.15, 0.2) is 18.2 Å². The summed E-state index contributed by atoms with van der Waals surface area (Å²) in [6.45, 7) is 12.5. The molecule has 1 N–H and O–H groups in total. The van der Waals surface area contributed by atoms with Gasteiger partial charge in [0.25, 0.3) is 0 Å². The monoisotopic (exact) mass is 357 g/mol. The van der Waals surface area contributed by atoms with Crippen LogP contribution in [-0.4, -0.2) is 16.6 Å². The van der Waals surface area contributed by atoms with E-state index in [9.17, 15) is 0 Å².